The molecular formula is C17H17N5O2. The van der Waals surface area contributed by atoms with Crippen molar-refractivity contribution >= 4 is 5.91 Å². The molecule has 0 atom stereocenters. The Bertz CT molecular complexity index is 790. The smallest absolute Gasteiger partial charge is 0.276 e. The quantitative estimate of drug-likeness (QED) is 0.750. The van der Waals surface area contributed by atoms with E-state index in [0.29, 0.717) is 13.1 Å². The number of nitrogens with one attached hydrogen (secondary N) is 1. The lowest BCUT2D eigenvalue weighted by atomic mass is 10.1. The third-order valence-electron chi connectivity index (χ3n) is 3.57. The molecule has 1 aromatic carbocycles. The molecule has 122 valence electrons. The number of nitrogens with zero attached hydrogens (tertiary/aromatic N) is 4. The average molecular weight is 323 g/mol. The van der Waals surface area contributed by atoms with E-state index in [1.165, 1.54) is 6.20 Å². The molecule has 0 saturated heterocycles. The Balaban J connectivity index is 1.88. The largest absolute Gasteiger partial charge is 0.496 e. The summed E-state index contributed by atoms with van der Waals surface area (Å²) in [5.74, 6) is 0.528. The van der Waals surface area contributed by atoms with Gasteiger partial charge in [0.2, 0.25) is 0 Å². The number of aromatic amines is 1. The number of aromatic nitrogens is 4. The summed E-state index contributed by atoms with van der Waals surface area (Å²) in [6, 6.07) is 11.4. The van der Waals surface area contributed by atoms with E-state index in [0.717, 1.165) is 16.9 Å². The van der Waals surface area contributed by atoms with E-state index in [1.54, 1.807) is 24.4 Å². The molecule has 0 saturated carbocycles. The van der Waals surface area contributed by atoms with Gasteiger partial charge in [-0.15, -0.1) is 0 Å². The molecule has 0 unspecified atom stereocenters. The second-order valence-electron chi connectivity index (χ2n) is 5.19. The van der Waals surface area contributed by atoms with Crippen molar-refractivity contribution in [1.82, 2.24) is 25.3 Å². The predicted molar refractivity (Wildman–Crippen MR) is 87.2 cm³/mol. The summed E-state index contributed by atoms with van der Waals surface area (Å²) in [7, 11) is 1.61. The topological polar surface area (TPSA) is 84.0 Å². The minimum Gasteiger partial charge on any atom is -0.496 e. The number of ether oxygens (including phenoxy) is 1. The van der Waals surface area contributed by atoms with Crippen LogP contribution >= 0.6 is 0 Å². The van der Waals surface area contributed by atoms with Crippen LogP contribution in [0.2, 0.25) is 0 Å². The highest BCUT2D eigenvalue weighted by Crippen LogP contribution is 2.21. The maximum Gasteiger partial charge on any atom is 0.276 e. The van der Waals surface area contributed by atoms with Crippen LogP contribution in [0.5, 0.6) is 5.75 Å². The Labute approximate surface area is 139 Å². The minimum atomic E-state index is -0.210. The van der Waals surface area contributed by atoms with Crippen LogP contribution in [0.4, 0.5) is 0 Å². The normalized spacial score (nSPS) is 10.4. The third kappa shape index (κ3) is 3.57. The number of carbonyl (C=O) groups is 1. The van der Waals surface area contributed by atoms with Crippen LogP contribution in [0.1, 0.15) is 21.6 Å². The van der Waals surface area contributed by atoms with Crippen molar-refractivity contribution in [3.8, 4) is 5.75 Å². The van der Waals surface area contributed by atoms with Crippen LogP contribution < -0.4 is 4.74 Å². The van der Waals surface area contributed by atoms with Gasteiger partial charge in [-0.1, -0.05) is 24.3 Å². The Morgan fingerprint density at radius 2 is 2.04 bits per heavy atom. The van der Waals surface area contributed by atoms with Gasteiger partial charge in [0.05, 0.1) is 19.9 Å². The van der Waals surface area contributed by atoms with Crippen molar-refractivity contribution in [1.29, 1.82) is 0 Å². The molecule has 0 radical (unpaired) electrons. The number of benzene rings is 1. The Kier molecular flexibility index (Phi) is 4.81. The second kappa shape index (κ2) is 7.36. The van der Waals surface area contributed by atoms with Gasteiger partial charge >= 0.3 is 0 Å². The summed E-state index contributed by atoms with van der Waals surface area (Å²) in [5, 5.41) is 10.1. The Morgan fingerprint density at radius 1 is 1.17 bits per heavy atom. The Hall–Kier alpha value is -3.22. The van der Waals surface area contributed by atoms with Gasteiger partial charge in [-0.25, -0.2) is 0 Å². The lowest BCUT2D eigenvalue weighted by Gasteiger charge is -2.23. The molecule has 1 amide bonds. The van der Waals surface area contributed by atoms with Crippen LogP contribution in [-0.4, -0.2) is 38.3 Å². The van der Waals surface area contributed by atoms with Crippen molar-refractivity contribution < 1.29 is 9.53 Å². The first-order chi connectivity index (χ1) is 11.8. The minimum absolute atomic E-state index is 0.210. The van der Waals surface area contributed by atoms with Crippen molar-refractivity contribution in [3.05, 3.63) is 71.8 Å². The van der Waals surface area contributed by atoms with Gasteiger partial charge in [-0.3, -0.25) is 9.78 Å². The third-order valence-corrected chi connectivity index (χ3v) is 3.57. The number of rotatable bonds is 6. The molecule has 7 nitrogen and oxygen atoms in total. The predicted octanol–water partition coefficient (Wildman–Crippen LogP) is 2.05. The van der Waals surface area contributed by atoms with Gasteiger partial charge in [0.15, 0.2) is 5.69 Å². The second-order valence-corrected chi connectivity index (χ2v) is 5.19. The number of H-pyrrole nitrogens is 1. The zero-order valence-electron chi connectivity index (χ0n) is 13.2. The highest BCUT2D eigenvalue weighted by molar-refractivity contribution is 5.91. The number of carbonyl (C=O) groups excluding carboxylic acids is 1. The van der Waals surface area contributed by atoms with Crippen molar-refractivity contribution in [2.24, 2.45) is 0 Å². The lowest BCUT2D eigenvalue weighted by molar-refractivity contribution is 0.0722. The van der Waals surface area contributed by atoms with Crippen molar-refractivity contribution in [2.75, 3.05) is 7.11 Å². The molecule has 7 heteroatoms. The van der Waals surface area contributed by atoms with Gasteiger partial charge in [0, 0.05) is 24.5 Å². The van der Waals surface area contributed by atoms with Gasteiger partial charge in [-0.05, 0) is 17.7 Å². The highest BCUT2D eigenvalue weighted by atomic mass is 16.5. The number of hydrogen-bond donors (Lipinski definition) is 1. The van der Waals surface area contributed by atoms with E-state index in [4.69, 9.17) is 4.74 Å². The summed E-state index contributed by atoms with van der Waals surface area (Å²) in [4.78, 5) is 18.5. The fourth-order valence-electron chi connectivity index (χ4n) is 2.42. The zero-order valence-corrected chi connectivity index (χ0v) is 13.2. The molecule has 0 aliphatic rings. The molecule has 0 bridgehead atoms. The van der Waals surface area contributed by atoms with Crippen LogP contribution in [-0.2, 0) is 13.1 Å². The van der Waals surface area contributed by atoms with E-state index >= 15 is 0 Å². The highest BCUT2D eigenvalue weighted by Gasteiger charge is 2.20. The van der Waals surface area contributed by atoms with E-state index < -0.39 is 0 Å². The van der Waals surface area contributed by atoms with Gasteiger partial charge in [-0.2, -0.15) is 15.4 Å². The van der Waals surface area contributed by atoms with E-state index in [1.807, 2.05) is 36.4 Å². The van der Waals surface area contributed by atoms with Crippen LogP contribution in [0.25, 0.3) is 0 Å². The number of pyridine rings is 1. The fraction of sp³-hybridized carbons (Fsp3) is 0.176. The van der Waals surface area contributed by atoms with E-state index in [2.05, 4.69) is 20.4 Å². The molecule has 2 aromatic heterocycles. The summed E-state index contributed by atoms with van der Waals surface area (Å²) in [6.07, 6.45) is 4.86. The van der Waals surface area contributed by atoms with Crippen molar-refractivity contribution in [2.45, 2.75) is 13.1 Å². The summed E-state index contributed by atoms with van der Waals surface area (Å²) in [6.45, 7) is 0.808. The van der Waals surface area contributed by atoms with Crippen LogP contribution in [0.3, 0.4) is 0 Å². The zero-order chi connectivity index (χ0) is 16.8. The summed E-state index contributed by atoms with van der Waals surface area (Å²) in [5.41, 5.74) is 2.12. The molecule has 24 heavy (non-hydrogen) atoms. The van der Waals surface area contributed by atoms with Gasteiger partial charge < -0.3 is 9.64 Å². The number of amides is 1. The number of para-hydroxylation sites is 1. The van der Waals surface area contributed by atoms with Crippen molar-refractivity contribution in [3.63, 3.8) is 0 Å². The maximum absolute atomic E-state index is 12.8. The molecule has 3 rings (SSSR count). The SMILES string of the molecule is COc1ccccc1CN(Cc1cccnc1)C(=O)c1cn[nH]n1. The van der Waals surface area contributed by atoms with Gasteiger partial charge in [0.1, 0.15) is 5.75 Å². The average Bonchev–Trinajstić information content (AvgIpc) is 3.16. The molecule has 2 heterocycles. The summed E-state index contributed by atoms with van der Waals surface area (Å²) < 4.78 is 5.38. The first-order valence-electron chi connectivity index (χ1n) is 7.44. The Morgan fingerprint density at radius 3 is 2.75 bits per heavy atom. The molecule has 3 aromatic rings. The number of hydrogen-bond acceptors (Lipinski definition) is 5. The monoisotopic (exact) mass is 323 g/mol. The molecule has 1 N–H and O–H groups in total. The van der Waals surface area contributed by atoms with Gasteiger partial charge in [0.25, 0.3) is 5.91 Å². The first kappa shape index (κ1) is 15.7. The van der Waals surface area contributed by atoms with E-state index in [9.17, 15) is 4.79 Å². The summed E-state index contributed by atoms with van der Waals surface area (Å²) >= 11 is 0. The first-order valence-corrected chi connectivity index (χ1v) is 7.44. The molecule has 0 fully saturated rings. The van der Waals surface area contributed by atoms with E-state index in [-0.39, 0.29) is 11.6 Å². The lowest BCUT2D eigenvalue weighted by Crippen LogP contribution is -2.30. The number of methoxy groups -OCH3 is 1. The van der Waals surface area contributed by atoms with Crippen LogP contribution in [0.15, 0.2) is 55.0 Å². The standard InChI is InChI=1S/C17H17N5O2/c1-24-16-7-3-2-6-14(16)12-22(11-13-5-4-8-18-9-13)17(23)15-10-19-21-20-15/h2-10H,11-12H2,1H3,(H,19,20,21). The van der Waals surface area contributed by atoms with Crippen LogP contribution in [0, 0.1) is 0 Å². The maximum atomic E-state index is 12.8. The fourth-order valence-corrected chi connectivity index (χ4v) is 2.42. The molecular weight excluding hydrogens is 306 g/mol. The molecule has 0 aliphatic heterocycles. The molecule has 0 aliphatic carbocycles. The molecule has 0 spiro atoms.